The van der Waals surface area contributed by atoms with Gasteiger partial charge >= 0.3 is 0 Å². The van der Waals surface area contributed by atoms with Crippen LogP contribution in [0.15, 0.2) is 12.7 Å². The van der Waals surface area contributed by atoms with Gasteiger partial charge in [0.15, 0.2) is 0 Å². The van der Waals surface area contributed by atoms with Crippen LogP contribution in [0.3, 0.4) is 0 Å². The summed E-state index contributed by atoms with van der Waals surface area (Å²) in [4.78, 5) is 0. The van der Waals surface area contributed by atoms with Gasteiger partial charge in [0.05, 0.1) is 0 Å². The molecule has 2 fully saturated rings. The maximum absolute atomic E-state index is 4.03. The van der Waals surface area contributed by atoms with Crippen molar-refractivity contribution in [2.24, 2.45) is 17.8 Å². The summed E-state index contributed by atoms with van der Waals surface area (Å²) in [7, 11) is 0. The minimum atomic E-state index is 0.854. The topological polar surface area (TPSA) is 0 Å². The van der Waals surface area contributed by atoms with Crippen molar-refractivity contribution in [3.05, 3.63) is 12.7 Å². The van der Waals surface area contributed by atoms with E-state index in [1.54, 1.807) is 0 Å². The Labute approximate surface area is 88.8 Å². The third kappa shape index (κ3) is 2.21. The second-order valence-electron chi connectivity index (χ2n) is 5.25. The van der Waals surface area contributed by atoms with Crippen LogP contribution in [-0.4, -0.2) is 0 Å². The quantitative estimate of drug-likeness (QED) is 0.563. The van der Waals surface area contributed by atoms with E-state index in [4.69, 9.17) is 0 Å². The molecule has 0 saturated heterocycles. The monoisotopic (exact) mass is 192 g/mol. The van der Waals surface area contributed by atoms with E-state index in [2.05, 4.69) is 12.7 Å². The highest BCUT2D eigenvalue weighted by molar-refractivity contribution is 4.91. The van der Waals surface area contributed by atoms with Gasteiger partial charge in [-0.3, -0.25) is 0 Å². The molecule has 2 saturated carbocycles. The van der Waals surface area contributed by atoms with E-state index in [-0.39, 0.29) is 0 Å². The molecule has 80 valence electrons. The fourth-order valence-electron chi connectivity index (χ4n) is 3.63. The number of allylic oxidation sites excluding steroid dienone is 1. The molecule has 2 rings (SSSR count). The van der Waals surface area contributed by atoms with Crippen LogP contribution in [0.25, 0.3) is 0 Å². The van der Waals surface area contributed by atoms with Gasteiger partial charge in [0, 0.05) is 0 Å². The van der Waals surface area contributed by atoms with Gasteiger partial charge in [-0.15, -0.1) is 6.58 Å². The van der Waals surface area contributed by atoms with Crippen molar-refractivity contribution >= 4 is 0 Å². The van der Waals surface area contributed by atoms with Gasteiger partial charge < -0.3 is 0 Å². The van der Waals surface area contributed by atoms with Crippen LogP contribution in [0.5, 0.6) is 0 Å². The molecule has 14 heavy (non-hydrogen) atoms. The number of hydrogen-bond donors (Lipinski definition) is 0. The molecule has 0 spiro atoms. The van der Waals surface area contributed by atoms with Gasteiger partial charge in [-0.1, -0.05) is 51.0 Å². The predicted octanol–water partition coefficient (Wildman–Crippen LogP) is 4.56. The Morgan fingerprint density at radius 3 is 2.14 bits per heavy atom. The van der Waals surface area contributed by atoms with Crippen LogP contribution in [0.1, 0.15) is 57.8 Å². The van der Waals surface area contributed by atoms with Crippen molar-refractivity contribution in [3.63, 3.8) is 0 Å². The predicted molar refractivity (Wildman–Crippen MR) is 62.2 cm³/mol. The molecule has 0 nitrogen and oxygen atoms in total. The van der Waals surface area contributed by atoms with Crippen LogP contribution in [0, 0.1) is 17.8 Å². The zero-order chi connectivity index (χ0) is 9.80. The Bertz CT molecular complexity index is 176. The largest absolute Gasteiger partial charge is 0.103 e. The third-order valence-electron chi connectivity index (χ3n) is 4.43. The zero-order valence-electron chi connectivity index (χ0n) is 9.38. The zero-order valence-corrected chi connectivity index (χ0v) is 9.38. The van der Waals surface area contributed by atoms with Crippen molar-refractivity contribution in [1.82, 2.24) is 0 Å². The highest BCUT2D eigenvalue weighted by atomic mass is 14.4. The van der Waals surface area contributed by atoms with Gasteiger partial charge in [0.2, 0.25) is 0 Å². The standard InChI is InChI=1S/C14H24/c1-2-12-8-6-7-11-14(12)13-9-4-3-5-10-13/h2,12-14H,1,3-11H2. The molecule has 0 aromatic heterocycles. The first-order valence-corrected chi connectivity index (χ1v) is 6.54. The molecule has 0 bridgehead atoms. The van der Waals surface area contributed by atoms with Crippen LogP contribution < -0.4 is 0 Å². The fourth-order valence-corrected chi connectivity index (χ4v) is 3.63. The molecule has 0 N–H and O–H groups in total. The molecule has 0 heteroatoms. The van der Waals surface area contributed by atoms with Crippen LogP contribution in [0.2, 0.25) is 0 Å². The lowest BCUT2D eigenvalue weighted by Gasteiger charge is -2.37. The van der Waals surface area contributed by atoms with E-state index in [0.717, 1.165) is 17.8 Å². The smallest absolute Gasteiger partial charge is 0.0205 e. The van der Waals surface area contributed by atoms with E-state index in [1.807, 2.05) is 0 Å². The minimum Gasteiger partial charge on any atom is -0.103 e. The Morgan fingerprint density at radius 2 is 1.43 bits per heavy atom. The second kappa shape index (κ2) is 5.00. The van der Waals surface area contributed by atoms with Gasteiger partial charge in [0.25, 0.3) is 0 Å². The van der Waals surface area contributed by atoms with Crippen LogP contribution in [-0.2, 0) is 0 Å². The molecule has 2 atom stereocenters. The summed E-state index contributed by atoms with van der Waals surface area (Å²) in [6.45, 7) is 4.03. The average Bonchev–Trinajstić information content (AvgIpc) is 2.30. The number of rotatable bonds is 2. The molecule has 2 aliphatic rings. The van der Waals surface area contributed by atoms with Gasteiger partial charge in [-0.25, -0.2) is 0 Å². The average molecular weight is 192 g/mol. The SMILES string of the molecule is C=CC1CCCCC1C1CCCCC1. The van der Waals surface area contributed by atoms with Crippen LogP contribution >= 0.6 is 0 Å². The maximum Gasteiger partial charge on any atom is -0.0205 e. The Balaban J connectivity index is 1.94. The lowest BCUT2D eigenvalue weighted by molar-refractivity contribution is 0.155. The normalized spacial score (nSPS) is 35.4. The summed E-state index contributed by atoms with van der Waals surface area (Å²) in [5, 5.41) is 0. The molecular weight excluding hydrogens is 168 g/mol. The molecule has 0 heterocycles. The maximum atomic E-state index is 4.03. The minimum absolute atomic E-state index is 0.854. The molecule has 2 aliphatic carbocycles. The van der Waals surface area contributed by atoms with Crippen molar-refractivity contribution in [2.75, 3.05) is 0 Å². The van der Waals surface area contributed by atoms with Crippen molar-refractivity contribution in [3.8, 4) is 0 Å². The molecule has 0 aliphatic heterocycles. The van der Waals surface area contributed by atoms with E-state index in [1.165, 1.54) is 57.8 Å². The lowest BCUT2D eigenvalue weighted by Crippen LogP contribution is -2.27. The molecular formula is C14H24. The molecule has 0 amide bonds. The van der Waals surface area contributed by atoms with E-state index in [0.29, 0.717) is 0 Å². The van der Waals surface area contributed by atoms with Gasteiger partial charge in [0.1, 0.15) is 0 Å². The third-order valence-corrected chi connectivity index (χ3v) is 4.43. The summed E-state index contributed by atoms with van der Waals surface area (Å²) in [5.41, 5.74) is 0. The molecule has 0 radical (unpaired) electrons. The van der Waals surface area contributed by atoms with Crippen molar-refractivity contribution in [1.29, 1.82) is 0 Å². The number of hydrogen-bond acceptors (Lipinski definition) is 0. The summed E-state index contributed by atoms with van der Waals surface area (Å²) in [6.07, 6.45) is 15.6. The highest BCUT2D eigenvalue weighted by Crippen LogP contribution is 2.41. The summed E-state index contributed by atoms with van der Waals surface area (Å²) in [5.74, 6) is 2.90. The first-order valence-electron chi connectivity index (χ1n) is 6.54. The molecule has 0 aromatic rings. The van der Waals surface area contributed by atoms with Crippen molar-refractivity contribution in [2.45, 2.75) is 57.8 Å². The van der Waals surface area contributed by atoms with Crippen LogP contribution in [0.4, 0.5) is 0 Å². The Kier molecular flexibility index (Phi) is 3.67. The second-order valence-corrected chi connectivity index (χ2v) is 5.25. The van der Waals surface area contributed by atoms with Crippen molar-refractivity contribution < 1.29 is 0 Å². The molecule has 2 unspecified atom stereocenters. The summed E-state index contributed by atoms with van der Waals surface area (Å²) < 4.78 is 0. The Morgan fingerprint density at radius 1 is 0.786 bits per heavy atom. The summed E-state index contributed by atoms with van der Waals surface area (Å²) >= 11 is 0. The highest BCUT2D eigenvalue weighted by Gasteiger charge is 2.30. The molecule has 0 aromatic carbocycles. The van der Waals surface area contributed by atoms with Gasteiger partial charge in [-0.2, -0.15) is 0 Å². The lowest BCUT2D eigenvalue weighted by atomic mass is 9.68. The first kappa shape index (κ1) is 10.3. The van der Waals surface area contributed by atoms with Gasteiger partial charge in [-0.05, 0) is 30.6 Å². The Hall–Kier alpha value is -0.260. The van der Waals surface area contributed by atoms with E-state index in [9.17, 15) is 0 Å². The summed E-state index contributed by atoms with van der Waals surface area (Å²) in [6, 6.07) is 0. The van der Waals surface area contributed by atoms with E-state index < -0.39 is 0 Å². The first-order chi connectivity index (χ1) is 6.92. The van der Waals surface area contributed by atoms with E-state index >= 15 is 0 Å². The fraction of sp³-hybridized carbons (Fsp3) is 0.857.